The van der Waals surface area contributed by atoms with Gasteiger partial charge in [0, 0.05) is 6.54 Å². The number of nitrogens with two attached hydrogens (primary N) is 1. The van der Waals surface area contributed by atoms with Gasteiger partial charge >= 0.3 is 0 Å². The summed E-state index contributed by atoms with van der Waals surface area (Å²) in [5, 5.41) is 9.11. The molecule has 0 spiro atoms. The van der Waals surface area contributed by atoms with Crippen molar-refractivity contribution in [2.24, 2.45) is 5.73 Å². The number of hydrogen-bond acceptors (Lipinski definition) is 3. The lowest BCUT2D eigenvalue weighted by atomic mass is 10.1. The number of aryl methyl sites for hydroxylation is 1. The monoisotopic (exact) mass is 238 g/mol. The first kappa shape index (κ1) is 12.2. The zero-order chi connectivity index (χ0) is 13.0. The van der Waals surface area contributed by atoms with E-state index in [1.165, 1.54) is 0 Å². The molecular formula is C15H14N2O. The van der Waals surface area contributed by atoms with E-state index >= 15 is 0 Å². The first-order chi connectivity index (χ1) is 8.74. The minimum Gasteiger partial charge on any atom is -0.456 e. The Balaban J connectivity index is 2.35. The van der Waals surface area contributed by atoms with Gasteiger partial charge in [-0.3, -0.25) is 0 Å². The summed E-state index contributed by atoms with van der Waals surface area (Å²) in [6.07, 6.45) is 0. The fraction of sp³-hybridized carbons (Fsp3) is 0.133. The van der Waals surface area contributed by atoms with Crippen LogP contribution in [0.15, 0.2) is 42.5 Å². The summed E-state index contributed by atoms with van der Waals surface area (Å²) < 4.78 is 5.77. The van der Waals surface area contributed by atoms with Gasteiger partial charge in [-0.15, -0.1) is 0 Å². The highest BCUT2D eigenvalue weighted by atomic mass is 16.5. The molecule has 3 heteroatoms. The van der Waals surface area contributed by atoms with Gasteiger partial charge in [-0.05, 0) is 36.2 Å². The van der Waals surface area contributed by atoms with Crippen molar-refractivity contribution in [2.45, 2.75) is 13.5 Å². The lowest BCUT2D eigenvalue weighted by Crippen LogP contribution is -1.98. The first-order valence-corrected chi connectivity index (χ1v) is 5.71. The van der Waals surface area contributed by atoms with Crippen molar-refractivity contribution in [1.82, 2.24) is 0 Å². The number of rotatable bonds is 3. The maximum Gasteiger partial charge on any atom is 0.145 e. The predicted octanol–water partition coefficient (Wildman–Crippen LogP) is 3.12. The van der Waals surface area contributed by atoms with E-state index in [2.05, 4.69) is 6.07 Å². The van der Waals surface area contributed by atoms with Crippen LogP contribution in [-0.4, -0.2) is 0 Å². The number of ether oxygens (including phenoxy) is 1. The normalized spacial score (nSPS) is 9.83. The summed E-state index contributed by atoms with van der Waals surface area (Å²) in [7, 11) is 0. The summed E-state index contributed by atoms with van der Waals surface area (Å²) in [6.45, 7) is 2.38. The average molecular weight is 238 g/mol. The van der Waals surface area contributed by atoms with Crippen LogP contribution in [0.5, 0.6) is 11.5 Å². The van der Waals surface area contributed by atoms with Gasteiger partial charge in [0.05, 0.1) is 5.56 Å². The Morgan fingerprint density at radius 1 is 1.17 bits per heavy atom. The lowest BCUT2D eigenvalue weighted by Gasteiger charge is -2.10. The number of nitriles is 1. The molecule has 18 heavy (non-hydrogen) atoms. The standard InChI is InChI=1S/C15H14N2O/c1-11-4-2-3-5-14(11)18-15-7-6-12(9-16)8-13(15)10-17/h2-8H,9,16H2,1H3. The highest BCUT2D eigenvalue weighted by Crippen LogP contribution is 2.27. The molecule has 0 saturated carbocycles. The lowest BCUT2D eigenvalue weighted by molar-refractivity contribution is 0.477. The highest BCUT2D eigenvalue weighted by molar-refractivity contribution is 5.48. The van der Waals surface area contributed by atoms with Crippen molar-refractivity contribution in [1.29, 1.82) is 5.26 Å². The maximum absolute atomic E-state index is 9.11. The van der Waals surface area contributed by atoms with Crippen molar-refractivity contribution in [2.75, 3.05) is 0 Å². The molecule has 2 N–H and O–H groups in total. The molecular weight excluding hydrogens is 224 g/mol. The van der Waals surface area contributed by atoms with Gasteiger partial charge in [0.1, 0.15) is 17.6 Å². The van der Waals surface area contributed by atoms with Crippen LogP contribution in [0.3, 0.4) is 0 Å². The molecule has 0 radical (unpaired) electrons. The zero-order valence-electron chi connectivity index (χ0n) is 10.2. The quantitative estimate of drug-likeness (QED) is 0.893. The van der Waals surface area contributed by atoms with Crippen LogP contribution in [0.25, 0.3) is 0 Å². The Morgan fingerprint density at radius 3 is 2.61 bits per heavy atom. The Bertz CT molecular complexity index is 600. The van der Waals surface area contributed by atoms with Gasteiger partial charge in [0.15, 0.2) is 0 Å². The van der Waals surface area contributed by atoms with Crippen LogP contribution in [-0.2, 0) is 6.54 Å². The molecule has 0 bridgehead atoms. The second-order valence-corrected chi connectivity index (χ2v) is 4.01. The van der Waals surface area contributed by atoms with E-state index in [1.807, 2.05) is 37.3 Å². The van der Waals surface area contributed by atoms with Crippen molar-refractivity contribution in [3.63, 3.8) is 0 Å². The van der Waals surface area contributed by atoms with Crippen molar-refractivity contribution in [3.8, 4) is 17.6 Å². The molecule has 2 aromatic rings. The van der Waals surface area contributed by atoms with Gasteiger partial charge in [0.25, 0.3) is 0 Å². The van der Waals surface area contributed by atoms with Crippen molar-refractivity contribution in [3.05, 3.63) is 59.2 Å². The fourth-order valence-corrected chi connectivity index (χ4v) is 1.67. The Labute approximate surface area is 106 Å². The van der Waals surface area contributed by atoms with E-state index < -0.39 is 0 Å². The van der Waals surface area contributed by atoms with Crippen molar-refractivity contribution < 1.29 is 4.74 Å². The van der Waals surface area contributed by atoms with E-state index in [0.29, 0.717) is 17.9 Å². The number of hydrogen-bond donors (Lipinski definition) is 1. The smallest absolute Gasteiger partial charge is 0.145 e. The fourth-order valence-electron chi connectivity index (χ4n) is 1.67. The molecule has 0 heterocycles. The molecule has 2 rings (SSSR count). The van der Waals surface area contributed by atoms with E-state index in [4.69, 9.17) is 15.7 Å². The largest absolute Gasteiger partial charge is 0.456 e. The summed E-state index contributed by atoms with van der Waals surface area (Å²) in [5.74, 6) is 1.32. The van der Waals surface area contributed by atoms with E-state index in [0.717, 1.165) is 16.9 Å². The molecule has 0 aliphatic rings. The van der Waals surface area contributed by atoms with Gasteiger partial charge in [0.2, 0.25) is 0 Å². The van der Waals surface area contributed by atoms with Gasteiger partial charge < -0.3 is 10.5 Å². The molecule has 0 amide bonds. The minimum atomic E-state index is 0.416. The first-order valence-electron chi connectivity index (χ1n) is 5.71. The molecule has 0 saturated heterocycles. The van der Waals surface area contributed by atoms with Crippen LogP contribution in [0, 0.1) is 18.3 Å². The van der Waals surface area contributed by atoms with E-state index in [9.17, 15) is 0 Å². The average Bonchev–Trinajstić information content (AvgIpc) is 2.41. The van der Waals surface area contributed by atoms with Crippen LogP contribution in [0.4, 0.5) is 0 Å². The molecule has 0 aliphatic carbocycles. The molecule has 90 valence electrons. The molecule has 0 aliphatic heterocycles. The predicted molar refractivity (Wildman–Crippen MR) is 70.3 cm³/mol. The molecule has 0 fully saturated rings. The molecule has 3 nitrogen and oxygen atoms in total. The summed E-state index contributed by atoms with van der Waals surface area (Å²) >= 11 is 0. The van der Waals surface area contributed by atoms with Gasteiger partial charge in [-0.25, -0.2) is 0 Å². The third-order valence-electron chi connectivity index (χ3n) is 2.71. The topological polar surface area (TPSA) is 59.0 Å². The Hall–Kier alpha value is -2.31. The van der Waals surface area contributed by atoms with Gasteiger partial charge in [-0.2, -0.15) is 5.26 Å². The van der Waals surface area contributed by atoms with E-state index in [-0.39, 0.29) is 0 Å². The Morgan fingerprint density at radius 2 is 1.94 bits per heavy atom. The third-order valence-corrected chi connectivity index (χ3v) is 2.71. The van der Waals surface area contributed by atoms with Crippen LogP contribution >= 0.6 is 0 Å². The summed E-state index contributed by atoms with van der Waals surface area (Å²) in [4.78, 5) is 0. The van der Waals surface area contributed by atoms with Gasteiger partial charge in [-0.1, -0.05) is 24.3 Å². The second kappa shape index (κ2) is 5.35. The van der Waals surface area contributed by atoms with Crippen LogP contribution in [0.1, 0.15) is 16.7 Å². The third kappa shape index (κ3) is 2.50. The zero-order valence-corrected chi connectivity index (χ0v) is 10.2. The highest BCUT2D eigenvalue weighted by Gasteiger charge is 2.07. The van der Waals surface area contributed by atoms with Crippen LogP contribution < -0.4 is 10.5 Å². The molecule has 0 unspecified atom stereocenters. The number of benzene rings is 2. The number of para-hydroxylation sites is 1. The minimum absolute atomic E-state index is 0.416. The SMILES string of the molecule is Cc1ccccc1Oc1ccc(CN)cc1C#N. The molecule has 0 atom stereocenters. The Kier molecular flexibility index (Phi) is 3.61. The van der Waals surface area contributed by atoms with Crippen molar-refractivity contribution >= 4 is 0 Å². The second-order valence-electron chi connectivity index (χ2n) is 4.01. The molecule has 2 aromatic carbocycles. The molecule has 0 aromatic heterocycles. The van der Waals surface area contributed by atoms with Crippen LogP contribution in [0.2, 0.25) is 0 Å². The number of nitrogens with zero attached hydrogens (tertiary/aromatic N) is 1. The summed E-state index contributed by atoms with van der Waals surface area (Å²) in [5.41, 5.74) is 8.00. The summed E-state index contributed by atoms with van der Waals surface area (Å²) in [6, 6.07) is 15.2. The maximum atomic E-state index is 9.11. The van der Waals surface area contributed by atoms with E-state index in [1.54, 1.807) is 12.1 Å².